The molecule has 0 aliphatic carbocycles. The van der Waals surface area contributed by atoms with Gasteiger partial charge in [-0.15, -0.1) is 0 Å². The van der Waals surface area contributed by atoms with Crippen LogP contribution in [0.1, 0.15) is 40.5 Å². The molecular weight excluding hydrogens is 582 g/mol. The fraction of sp³-hybridized carbons (Fsp3) is 0.286. The summed E-state index contributed by atoms with van der Waals surface area (Å²) in [5.41, 5.74) is 0. The molecule has 2 amide bonds. The molecule has 3 rings (SSSR count). The molecule has 2 N–H and O–H groups in total. The van der Waals surface area contributed by atoms with Gasteiger partial charge in [0.15, 0.2) is 0 Å². The van der Waals surface area contributed by atoms with Crippen LogP contribution in [0.4, 0.5) is 9.59 Å². The molecule has 0 aromatic heterocycles. The Morgan fingerprint density at radius 1 is 0.629 bits per heavy atom. The van der Waals surface area contributed by atoms with Crippen LogP contribution in [-0.4, -0.2) is 42.8 Å². The van der Waals surface area contributed by atoms with Crippen LogP contribution >= 0.6 is 0 Å². The first-order chi connectivity index (χ1) is 16.8. The third-order valence-corrected chi connectivity index (χ3v) is 12.2. The number of rotatable bonds is 7. The zero-order valence-electron chi connectivity index (χ0n) is 20.8. The van der Waals surface area contributed by atoms with Crippen LogP contribution in [0.3, 0.4) is 0 Å². The van der Waals surface area contributed by atoms with E-state index in [-0.39, 0.29) is 22.6 Å². The second-order valence-electron chi connectivity index (χ2n) is 7.82. The Kier molecular flexibility index (Phi) is 16.0. The maximum atomic E-state index is 10.1. The van der Waals surface area contributed by atoms with Gasteiger partial charge in [-0.05, 0) is 26.7 Å². The first-order valence-corrected chi connectivity index (χ1v) is 16.3. The minimum atomic E-state index is -1.83. The number of nitrogens with one attached hydrogen (secondary N) is 2. The molecule has 0 aliphatic heterocycles. The van der Waals surface area contributed by atoms with Crippen molar-refractivity contribution >= 4 is 66.5 Å². The first-order valence-electron chi connectivity index (χ1n) is 11.7. The predicted octanol–water partition coefficient (Wildman–Crippen LogP) is 4.29. The summed E-state index contributed by atoms with van der Waals surface area (Å²) < 4.78 is 4.55. The molecular formula is C28H35N2O2S2Sb-2. The summed E-state index contributed by atoms with van der Waals surface area (Å²) in [6, 6.07) is 33.3. The van der Waals surface area contributed by atoms with Crippen LogP contribution in [0.25, 0.3) is 0 Å². The van der Waals surface area contributed by atoms with Crippen molar-refractivity contribution in [2.45, 2.75) is 52.6 Å². The van der Waals surface area contributed by atoms with Crippen LogP contribution in [0, 0.1) is 0 Å². The Morgan fingerprint density at radius 2 is 0.886 bits per heavy atom. The molecule has 4 nitrogen and oxygen atoms in total. The molecule has 3 aromatic carbocycles. The van der Waals surface area contributed by atoms with Gasteiger partial charge >= 0.3 is 122 Å². The van der Waals surface area contributed by atoms with Crippen molar-refractivity contribution in [2.75, 3.05) is 0 Å². The number of hydrogen-bond acceptors (Lipinski definition) is 4. The molecule has 3 aromatic rings. The van der Waals surface area contributed by atoms with Gasteiger partial charge in [0.1, 0.15) is 0 Å². The van der Waals surface area contributed by atoms with E-state index in [1.54, 1.807) is 0 Å². The first kappa shape index (κ1) is 30.9. The summed E-state index contributed by atoms with van der Waals surface area (Å²) in [4.78, 5) is 20.2. The zero-order valence-corrected chi connectivity index (χ0v) is 25.0. The fourth-order valence-electron chi connectivity index (χ4n) is 2.78. The van der Waals surface area contributed by atoms with E-state index >= 15 is 0 Å². The summed E-state index contributed by atoms with van der Waals surface area (Å²) in [6.45, 7) is 7.83. The fourth-order valence-corrected chi connectivity index (χ4v) is 9.77. The van der Waals surface area contributed by atoms with Crippen molar-refractivity contribution in [1.29, 1.82) is 0 Å². The number of carbonyl (C=O) groups is 2. The van der Waals surface area contributed by atoms with Gasteiger partial charge in [0.25, 0.3) is 0 Å². The van der Waals surface area contributed by atoms with E-state index in [1.165, 1.54) is 10.5 Å². The molecule has 0 fully saturated rings. The van der Waals surface area contributed by atoms with Gasteiger partial charge in [-0.1, -0.05) is 13.8 Å². The quantitative estimate of drug-likeness (QED) is 0.307. The number of hydrogen-bond donors (Lipinski definition) is 2. The van der Waals surface area contributed by atoms with Gasteiger partial charge in [-0.3, -0.25) is 0 Å². The van der Waals surface area contributed by atoms with Gasteiger partial charge in [0.2, 0.25) is 0 Å². The number of benzene rings is 3. The number of carbonyl (C=O) groups excluding carboxylic acids is 2. The van der Waals surface area contributed by atoms with E-state index in [9.17, 15) is 9.59 Å². The van der Waals surface area contributed by atoms with Crippen molar-refractivity contribution in [3.8, 4) is 0 Å². The molecule has 0 bridgehead atoms. The average molecular weight is 617 g/mol. The Balaban J connectivity index is 0.000000320. The normalized spacial score (nSPS) is 11.6. The van der Waals surface area contributed by atoms with Crippen LogP contribution in [0.2, 0.25) is 0 Å². The molecule has 188 valence electrons. The van der Waals surface area contributed by atoms with E-state index in [0.717, 1.165) is 12.8 Å². The predicted molar refractivity (Wildman–Crippen MR) is 155 cm³/mol. The van der Waals surface area contributed by atoms with Gasteiger partial charge in [-0.2, -0.15) is 0 Å². The monoisotopic (exact) mass is 616 g/mol. The van der Waals surface area contributed by atoms with Crippen molar-refractivity contribution in [1.82, 2.24) is 10.6 Å². The zero-order chi connectivity index (χ0) is 26.1. The van der Waals surface area contributed by atoms with Gasteiger partial charge in [-0.25, -0.2) is 0 Å². The molecule has 7 heteroatoms. The summed E-state index contributed by atoms with van der Waals surface area (Å²) in [7, 11) is 0. The minimum absolute atomic E-state index is 0.222. The molecule has 35 heavy (non-hydrogen) atoms. The van der Waals surface area contributed by atoms with Crippen molar-refractivity contribution in [3.63, 3.8) is 0 Å². The van der Waals surface area contributed by atoms with Crippen LogP contribution in [0.5, 0.6) is 0 Å². The average Bonchev–Trinajstić information content (AvgIpc) is 2.86. The van der Waals surface area contributed by atoms with E-state index in [4.69, 9.17) is 0 Å². The Hall–Kier alpha value is -2.14. The van der Waals surface area contributed by atoms with Gasteiger partial charge in [0.05, 0.1) is 10.5 Å². The van der Waals surface area contributed by atoms with Crippen molar-refractivity contribution < 1.29 is 9.59 Å². The Bertz CT molecular complexity index is 860. The summed E-state index contributed by atoms with van der Waals surface area (Å²) in [5.74, 6) is 0. The third kappa shape index (κ3) is 13.5. The topological polar surface area (TPSA) is 58.2 Å². The van der Waals surface area contributed by atoms with Crippen molar-refractivity contribution in [3.05, 3.63) is 91.0 Å². The summed E-state index contributed by atoms with van der Waals surface area (Å²) in [5, 5.41) is 4.41. The molecule has 0 radical (unpaired) electrons. The Morgan fingerprint density at radius 3 is 1.06 bits per heavy atom. The van der Waals surface area contributed by atoms with E-state index in [1.807, 2.05) is 27.7 Å². The molecule has 0 spiro atoms. The Labute approximate surface area is 229 Å². The van der Waals surface area contributed by atoms with Crippen LogP contribution < -0.4 is 21.2 Å². The van der Waals surface area contributed by atoms with E-state index < -0.39 is 20.2 Å². The van der Waals surface area contributed by atoms with Gasteiger partial charge < -0.3 is 45.5 Å². The second-order valence-corrected chi connectivity index (χ2v) is 14.9. The third-order valence-electron chi connectivity index (χ3n) is 5.00. The second kappa shape index (κ2) is 18.2. The molecule has 0 heterocycles. The molecule has 2 atom stereocenters. The van der Waals surface area contributed by atoms with Gasteiger partial charge in [0, 0.05) is 12.1 Å². The number of amides is 2. The van der Waals surface area contributed by atoms with Crippen LogP contribution in [-0.2, 0) is 25.3 Å². The standard InChI is InChI=1S/3C6H5.2C5H11NOS.Sb/c3*1-2-4-6-5-3-1;2*1-3-4(2)6-5(7)8;/h3*1-5H;2*4H,3H2,1-2H3,(H2,6,7,8);/p-2. The van der Waals surface area contributed by atoms with Crippen molar-refractivity contribution in [2.24, 2.45) is 0 Å². The molecule has 0 saturated heterocycles. The van der Waals surface area contributed by atoms with E-state index in [0.29, 0.717) is 0 Å². The summed E-state index contributed by atoms with van der Waals surface area (Å²) >= 11 is 6.72. The molecule has 0 aliphatic rings. The molecule has 2 unspecified atom stereocenters. The summed E-state index contributed by atoms with van der Waals surface area (Å²) in [6.07, 6.45) is 1.87. The maximum absolute atomic E-state index is 10.1. The SMILES string of the molecule is CCC(C)NC(=O)[S-].CCC(C)NC(=O)[S-].c1cc[c]([Sb]([c]2ccccc2)[c]2ccccc2)cc1. The molecule has 0 saturated carbocycles. The van der Waals surface area contributed by atoms with Crippen LogP contribution in [0.15, 0.2) is 91.0 Å². The van der Waals surface area contributed by atoms with E-state index in [2.05, 4.69) is 127 Å².